The molecule has 30 heavy (non-hydrogen) atoms. The molecule has 0 aliphatic heterocycles. The molecule has 7 heteroatoms. The Labute approximate surface area is 182 Å². The summed E-state index contributed by atoms with van der Waals surface area (Å²) in [7, 11) is 3.59. The lowest BCUT2D eigenvalue weighted by molar-refractivity contribution is -0.120. The normalized spacial score (nSPS) is 29.2. The molecule has 4 aliphatic carbocycles. The van der Waals surface area contributed by atoms with Crippen LogP contribution < -0.4 is 10.1 Å². The molecule has 4 saturated carbocycles. The number of hydrogen-bond donors (Lipinski definition) is 1. The fourth-order valence-electron chi connectivity index (χ4n) is 6.41. The third-order valence-electron chi connectivity index (χ3n) is 7.34. The van der Waals surface area contributed by atoms with Crippen molar-refractivity contribution in [2.45, 2.75) is 43.7 Å². The first-order valence-corrected chi connectivity index (χ1v) is 12.0. The van der Waals surface area contributed by atoms with E-state index in [4.69, 9.17) is 4.74 Å². The Bertz CT molecular complexity index is 889. The molecule has 1 heterocycles. The minimum Gasteiger partial charge on any atom is -0.497 e. The molecule has 6 rings (SSSR count). The maximum atomic E-state index is 12.6. The molecule has 4 bridgehead atoms. The lowest BCUT2D eigenvalue weighted by atomic mass is 9.49. The van der Waals surface area contributed by atoms with Crippen molar-refractivity contribution in [3.05, 3.63) is 24.3 Å². The van der Waals surface area contributed by atoms with Gasteiger partial charge in [-0.15, -0.1) is 10.2 Å². The van der Waals surface area contributed by atoms with Gasteiger partial charge in [0.05, 0.1) is 12.9 Å². The van der Waals surface area contributed by atoms with Crippen LogP contribution in [0.15, 0.2) is 29.4 Å². The summed E-state index contributed by atoms with van der Waals surface area (Å²) < 4.78 is 7.16. The van der Waals surface area contributed by atoms with Crippen LogP contribution in [0.4, 0.5) is 0 Å². The third-order valence-corrected chi connectivity index (χ3v) is 8.36. The van der Waals surface area contributed by atoms with Gasteiger partial charge >= 0.3 is 0 Å². The number of thioether (sulfide) groups is 1. The number of nitrogens with one attached hydrogen (secondary N) is 1. The monoisotopic (exact) mass is 426 g/mol. The van der Waals surface area contributed by atoms with E-state index in [0.717, 1.165) is 46.6 Å². The van der Waals surface area contributed by atoms with Gasteiger partial charge in [-0.3, -0.25) is 4.79 Å². The van der Waals surface area contributed by atoms with Crippen LogP contribution in [0.25, 0.3) is 11.4 Å². The average Bonchev–Trinajstić information content (AvgIpc) is 3.10. The van der Waals surface area contributed by atoms with Crippen LogP contribution in [0.1, 0.15) is 38.5 Å². The Morgan fingerprint density at radius 1 is 1.13 bits per heavy atom. The number of carbonyl (C=O) groups is 1. The molecule has 1 aromatic heterocycles. The van der Waals surface area contributed by atoms with Crippen LogP contribution in [0.5, 0.6) is 5.75 Å². The van der Waals surface area contributed by atoms with Crippen molar-refractivity contribution >= 4 is 17.7 Å². The third kappa shape index (κ3) is 3.84. The first-order chi connectivity index (χ1) is 14.5. The fraction of sp³-hybridized carbons (Fsp3) is 0.609. The second kappa shape index (κ2) is 7.91. The van der Waals surface area contributed by atoms with Gasteiger partial charge in [-0.2, -0.15) is 0 Å². The van der Waals surface area contributed by atoms with E-state index in [1.807, 2.05) is 35.9 Å². The standard InChI is InChI=1S/C23H30N4O2S/c1-27-21(18-3-5-19(29-2)6-4-18)25-26-22(27)30-13-20(28)24-14-23-10-15-7-16(11-23)9-17(8-15)12-23/h3-6,15-17H,7-14H2,1-2H3,(H,24,28). The number of amides is 1. The van der Waals surface area contributed by atoms with E-state index in [1.165, 1.54) is 50.3 Å². The number of methoxy groups -OCH3 is 1. The van der Waals surface area contributed by atoms with Crippen LogP contribution in [-0.4, -0.2) is 40.1 Å². The van der Waals surface area contributed by atoms with Crippen LogP contribution in [-0.2, 0) is 11.8 Å². The van der Waals surface area contributed by atoms with Gasteiger partial charge in [0.15, 0.2) is 11.0 Å². The summed E-state index contributed by atoms with van der Waals surface area (Å²) >= 11 is 1.45. The fourth-order valence-corrected chi connectivity index (χ4v) is 7.15. The highest BCUT2D eigenvalue weighted by atomic mass is 32.2. The zero-order chi connectivity index (χ0) is 20.7. The molecular weight excluding hydrogens is 396 g/mol. The number of ether oxygens (including phenoxy) is 1. The highest BCUT2D eigenvalue weighted by molar-refractivity contribution is 7.99. The van der Waals surface area contributed by atoms with Crippen molar-refractivity contribution in [3.63, 3.8) is 0 Å². The van der Waals surface area contributed by atoms with E-state index in [0.29, 0.717) is 11.2 Å². The molecule has 1 amide bonds. The smallest absolute Gasteiger partial charge is 0.230 e. The van der Waals surface area contributed by atoms with Gasteiger partial charge in [0.1, 0.15) is 5.75 Å². The Morgan fingerprint density at radius 2 is 1.77 bits per heavy atom. The number of rotatable bonds is 7. The number of nitrogens with zero attached hydrogens (tertiary/aromatic N) is 3. The van der Waals surface area contributed by atoms with Gasteiger partial charge in [0.2, 0.25) is 5.91 Å². The number of hydrogen-bond acceptors (Lipinski definition) is 5. The van der Waals surface area contributed by atoms with E-state index in [9.17, 15) is 4.79 Å². The van der Waals surface area contributed by atoms with E-state index in [1.54, 1.807) is 7.11 Å². The summed E-state index contributed by atoms with van der Waals surface area (Å²) in [6, 6.07) is 7.76. The summed E-state index contributed by atoms with van der Waals surface area (Å²) in [5.74, 6) is 4.82. The van der Waals surface area contributed by atoms with E-state index in [2.05, 4.69) is 15.5 Å². The summed E-state index contributed by atoms with van der Waals surface area (Å²) in [6.45, 7) is 0.853. The molecule has 160 valence electrons. The van der Waals surface area contributed by atoms with Crippen molar-refractivity contribution in [2.75, 3.05) is 19.4 Å². The zero-order valence-corrected chi connectivity index (χ0v) is 18.6. The topological polar surface area (TPSA) is 69.0 Å². The maximum absolute atomic E-state index is 12.6. The van der Waals surface area contributed by atoms with Crippen LogP contribution in [0, 0.1) is 23.2 Å². The SMILES string of the molecule is COc1ccc(-c2nnc(SCC(=O)NCC34CC5CC(CC(C5)C3)C4)n2C)cc1. The van der Waals surface area contributed by atoms with Gasteiger partial charge in [-0.05, 0) is 86.0 Å². The van der Waals surface area contributed by atoms with E-state index in [-0.39, 0.29) is 5.91 Å². The van der Waals surface area contributed by atoms with Crippen LogP contribution in [0.3, 0.4) is 0 Å². The van der Waals surface area contributed by atoms with Crippen molar-refractivity contribution in [3.8, 4) is 17.1 Å². The zero-order valence-electron chi connectivity index (χ0n) is 17.8. The Balaban J connectivity index is 1.16. The minimum atomic E-state index is 0.102. The maximum Gasteiger partial charge on any atom is 0.230 e. The molecule has 0 spiro atoms. The second-order valence-corrected chi connectivity index (χ2v) is 10.5. The Hall–Kier alpha value is -2.02. The quantitative estimate of drug-likeness (QED) is 0.680. The summed E-state index contributed by atoms with van der Waals surface area (Å²) in [4.78, 5) is 12.6. The lowest BCUT2D eigenvalue weighted by Gasteiger charge is -2.56. The first kappa shape index (κ1) is 19.9. The summed E-state index contributed by atoms with van der Waals surface area (Å²) in [5.41, 5.74) is 1.35. The van der Waals surface area contributed by atoms with Crippen LogP contribution >= 0.6 is 11.8 Å². The molecule has 1 N–H and O–H groups in total. The molecule has 0 saturated heterocycles. The van der Waals surface area contributed by atoms with E-state index < -0.39 is 0 Å². The van der Waals surface area contributed by atoms with Crippen molar-refractivity contribution in [1.29, 1.82) is 0 Å². The van der Waals surface area contributed by atoms with Gasteiger partial charge in [0.25, 0.3) is 0 Å². The van der Waals surface area contributed by atoms with Gasteiger partial charge in [0, 0.05) is 19.2 Å². The molecule has 2 aromatic rings. The average molecular weight is 427 g/mol. The molecule has 1 aromatic carbocycles. The number of benzene rings is 1. The molecule has 0 atom stereocenters. The van der Waals surface area contributed by atoms with Crippen molar-refractivity contribution < 1.29 is 9.53 Å². The largest absolute Gasteiger partial charge is 0.497 e. The van der Waals surface area contributed by atoms with Gasteiger partial charge < -0.3 is 14.6 Å². The Morgan fingerprint density at radius 3 is 2.37 bits per heavy atom. The van der Waals surface area contributed by atoms with Crippen molar-refractivity contribution in [2.24, 2.45) is 30.2 Å². The van der Waals surface area contributed by atoms with Crippen molar-refractivity contribution in [1.82, 2.24) is 20.1 Å². The Kier molecular flexibility index (Phi) is 5.25. The van der Waals surface area contributed by atoms with Gasteiger partial charge in [-0.25, -0.2) is 0 Å². The lowest BCUT2D eigenvalue weighted by Crippen LogP contribution is -2.51. The second-order valence-electron chi connectivity index (χ2n) is 9.58. The molecule has 4 aliphatic rings. The molecule has 0 unspecified atom stereocenters. The molecule has 6 nitrogen and oxygen atoms in total. The molecular formula is C23H30N4O2S. The predicted molar refractivity (Wildman–Crippen MR) is 117 cm³/mol. The summed E-state index contributed by atoms with van der Waals surface area (Å²) in [6.07, 6.45) is 8.27. The number of carbonyl (C=O) groups excluding carboxylic acids is 1. The summed E-state index contributed by atoms with van der Waals surface area (Å²) in [5, 5.41) is 12.6. The van der Waals surface area contributed by atoms with E-state index >= 15 is 0 Å². The highest BCUT2D eigenvalue weighted by Crippen LogP contribution is 2.59. The highest BCUT2D eigenvalue weighted by Gasteiger charge is 2.50. The predicted octanol–water partition coefficient (Wildman–Crippen LogP) is 3.92. The minimum absolute atomic E-state index is 0.102. The van der Waals surface area contributed by atoms with Gasteiger partial charge in [-0.1, -0.05) is 11.8 Å². The first-order valence-electron chi connectivity index (χ1n) is 11.0. The number of aromatic nitrogens is 3. The molecule has 4 fully saturated rings. The van der Waals surface area contributed by atoms with Crippen LogP contribution in [0.2, 0.25) is 0 Å². The molecule has 0 radical (unpaired) electrons.